The second kappa shape index (κ2) is 3.98. The SMILES string of the molecule is NC(CCc1cccs1)=NO. The van der Waals surface area contributed by atoms with Gasteiger partial charge in [0.25, 0.3) is 0 Å². The van der Waals surface area contributed by atoms with Gasteiger partial charge in [-0.2, -0.15) is 0 Å². The third kappa shape index (κ3) is 2.59. The fraction of sp³-hybridized carbons (Fsp3) is 0.286. The molecule has 0 bridgehead atoms. The van der Waals surface area contributed by atoms with Gasteiger partial charge >= 0.3 is 0 Å². The Morgan fingerprint density at radius 2 is 2.55 bits per heavy atom. The predicted octanol–water partition coefficient (Wildman–Crippen LogP) is 1.43. The Morgan fingerprint density at radius 1 is 1.73 bits per heavy atom. The van der Waals surface area contributed by atoms with Gasteiger partial charge in [0.2, 0.25) is 0 Å². The first kappa shape index (κ1) is 8.07. The van der Waals surface area contributed by atoms with Gasteiger partial charge in [0.1, 0.15) is 5.84 Å². The number of aryl methyl sites for hydroxylation is 1. The number of oxime groups is 1. The molecule has 11 heavy (non-hydrogen) atoms. The monoisotopic (exact) mass is 170 g/mol. The van der Waals surface area contributed by atoms with Crippen molar-refractivity contribution in [3.05, 3.63) is 22.4 Å². The topological polar surface area (TPSA) is 58.6 Å². The molecular formula is C7H10N2OS. The van der Waals surface area contributed by atoms with Crippen LogP contribution in [0.2, 0.25) is 0 Å². The number of nitrogens with zero attached hydrogens (tertiary/aromatic N) is 1. The molecule has 1 aromatic heterocycles. The molecule has 0 spiro atoms. The Bertz CT molecular complexity index is 231. The fourth-order valence-electron chi connectivity index (χ4n) is 0.756. The minimum atomic E-state index is 0.290. The van der Waals surface area contributed by atoms with Crippen LogP contribution < -0.4 is 5.73 Å². The van der Waals surface area contributed by atoms with E-state index in [1.54, 1.807) is 11.3 Å². The van der Waals surface area contributed by atoms with Crippen molar-refractivity contribution in [1.29, 1.82) is 0 Å². The van der Waals surface area contributed by atoms with Crippen molar-refractivity contribution < 1.29 is 5.21 Å². The highest BCUT2D eigenvalue weighted by molar-refractivity contribution is 7.09. The highest BCUT2D eigenvalue weighted by atomic mass is 32.1. The lowest BCUT2D eigenvalue weighted by Gasteiger charge is -1.94. The maximum atomic E-state index is 8.23. The van der Waals surface area contributed by atoms with Crippen molar-refractivity contribution >= 4 is 17.2 Å². The molecule has 0 aliphatic carbocycles. The van der Waals surface area contributed by atoms with E-state index in [0.717, 1.165) is 6.42 Å². The van der Waals surface area contributed by atoms with Crippen LogP contribution in [-0.4, -0.2) is 11.0 Å². The number of nitrogens with two attached hydrogens (primary N) is 1. The van der Waals surface area contributed by atoms with Crippen LogP contribution in [0.15, 0.2) is 22.7 Å². The first-order chi connectivity index (χ1) is 5.33. The molecule has 60 valence electrons. The zero-order chi connectivity index (χ0) is 8.10. The van der Waals surface area contributed by atoms with E-state index in [-0.39, 0.29) is 0 Å². The fourth-order valence-corrected chi connectivity index (χ4v) is 1.47. The zero-order valence-electron chi connectivity index (χ0n) is 6.03. The van der Waals surface area contributed by atoms with Crippen molar-refractivity contribution in [2.75, 3.05) is 0 Å². The Labute approximate surface area is 69.2 Å². The van der Waals surface area contributed by atoms with E-state index in [1.807, 2.05) is 17.5 Å². The average Bonchev–Trinajstić information content (AvgIpc) is 2.52. The molecule has 1 heterocycles. The van der Waals surface area contributed by atoms with Crippen molar-refractivity contribution in [3.8, 4) is 0 Å². The van der Waals surface area contributed by atoms with E-state index >= 15 is 0 Å². The number of hydrogen-bond acceptors (Lipinski definition) is 3. The molecule has 3 N–H and O–H groups in total. The summed E-state index contributed by atoms with van der Waals surface area (Å²) in [6.07, 6.45) is 1.48. The summed E-state index contributed by atoms with van der Waals surface area (Å²) in [6.45, 7) is 0. The Kier molecular flexibility index (Phi) is 2.92. The summed E-state index contributed by atoms with van der Waals surface area (Å²) in [4.78, 5) is 1.26. The van der Waals surface area contributed by atoms with E-state index in [9.17, 15) is 0 Å². The molecule has 1 aromatic rings. The molecule has 0 aromatic carbocycles. The molecule has 0 saturated heterocycles. The highest BCUT2D eigenvalue weighted by Crippen LogP contribution is 2.10. The van der Waals surface area contributed by atoms with E-state index in [1.165, 1.54) is 4.88 Å². The zero-order valence-corrected chi connectivity index (χ0v) is 6.84. The van der Waals surface area contributed by atoms with Gasteiger partial charge in [-0.05, 0) is 17.9 Å². The second-order valence-electron chi connectivity index (χ2n) is 2.17. The average molecular weight is 170 g/mol. The highest BCUT2D eigenvalue weighted by Gasteiger charge is 1.96. The molecule has 1 rings (SSSR count). The van der Waals surface area contributed by atoms with Crippen molar-refractivity contribution in [3.63, 3.8) is 0 Å². The molecule has 0 saturated carbocycles. The van der Waals surface area contributed by atoms with Crippen LogP contribution in [0.5, 0.6) is 0 Å². The van der Waals surface area contributed by atoms with Crippen LogP contribution in [0.4, 0.5) is 0 Å². The van der Waals surface area contributed by atoms with Crippen molar-refractivity contribution in [2.24, 2.45) is 10.9 Å². The van der Waals surface area contributed by atoms with Crippen LogP contribution in [-0.2, 0) is 6.42 Å². The summed E-state index contributed by atoms with van der Waals surface area (Å²) in [5, 5.41) is 13.1. The first-order valence-electron chi connectivity index (χ1n) is 3.31. The van der Waals surface area contributed by atoms with Crippen LogP contribution >= 0.6 is 11.3 Å². The lowest BCUT2D eigenvalue weighted by atomic mass is 10.2. The van der Waals surface area contributed by atoms with Gasteiger partial charge in [-0.25, -0.2) is 0 Å². The minimum Gasteiger partial charge on any atom is -0.409 e. The normalized spacial score (nSPS) is 11.8. The molecule has 0 atom stereocenters. The molecule has 0 aliphatic heterocycles. The van der Waals surface area contributed by atoms with Crippen LogP contribution in [0.3, 0.4) is 0 Å². The largest absolute Gasteiger partial charge is 0.409 e. The lowest BCUT2D eigenvalue weighted by Crippen LogP contribution is -2.11. The number of hydrogen-bond donors (Lipinski definition) is 2. The van der Waals surface area contributed by atoms with Gasteiger partial charge in [-0.1, -0.05) is 11.2 Å². The molecule has 0 unspecified atom stereocenters. The Morgan fingerprint density at radius 3 is 3.09 bits per heavy atom. The summed E-state index contributed by atoms with van der Waals surface area (Å²) in [5.41, 5.74) is 5.29. The third-order valence-corrected chi connectivity index (χ3v) is 2.27. The van der Waals surface area contributed by atoms with Gasteiger partial charge in [0.05, 0.1) is 0 Å². The summed E-state index contributed by atoms with van der Waals surface area (Å²) < 4.78 is 0. The van der Waals surface area contributed by atoms with Crippen LogP contribution in [0.25, 0.3) is 0 Å². The second-order valence-corrected chi connectivity index (χ2v) is 3.20. The van der Waals surface area contributed by atoms with E-state index in [0.29, 0.717) is 12.3 Å². The van der Waals surface area contributed by atoms with Gasteiger partial charge in [-0.15, -0.1) is 11.3 Å². The molecule has 0 radical (unpaired) electrons. The molecule has 0 amide bonds. The standard InChI is InChI=1S/C7H10N2OS/c8-7(9-10)4-3-6-2-1-5-11-6/h1-2,5,10H,3-4H2,(H2,8,9). The van der Waals surface area contributed by atoms with E-state index in [4.69, 9.17) is 10.9 Å². The predicted molar refractivity (Wildman–Crippen MR) is 46.0 cm³/mol. The number of thiophene rings is 1. The van der Waals surface area contributed by atoms with Gasteiger partial charge in [-0.3, -0.25) is 0 Å². The van der Waals surface area contributed by atoms with Crippen LogP contribution in [0.1, 0.15) is 11.3 Å². The maximum absolute atomic E-state index is 8.23. The van der Waals surface area contributed by atoms with E-state index < -0.39 is 0 Å². The van der Waals surface area contributed by atoms with Gasteiger partial charge in [0, 0.05) is 11.3 Å². The molecular weight excluding hydrogens is 160 g/mol. The molecule has 3 nitrogen and oxygen atoms in total. The van der Waals surface area contributed by atoms with Gasteiger partial charge in [0.15, 0.2) is 0 Å². The van der Waals surface area contributed by atoms with Crippen molar-refractivity contribution in [1.82, 2.24) is 0 Å². The lowest BCUT2D eigenvalue weighted by molar-refractivity contribution is 0.317. The summed E-state index contributed by atoms with van der Waals surface area (Å²) in [5.74, 6) is 0.290. The molecule has 0 aliphatic rings. The Hall–Kier alpha value is -1.03. The molecule has 4 heteroatoms. The van der Waals surface area contributed by atoms with Crippen LogP contribution in [0, 0.1) is 0 Å². The minimum absolute atomic E-state index is 0.290. The summed E-state index contributed by atoms with van der Waals surface area (Å²) in [7, 11) is 0. The first-order valence-corrected chi connectivity index (χ1v) is 4.19. The molecule has 0 fully saturated rings. The third-order valence-electron chi connectivity index (χ3n) is 1.34. The summed E-state index contributed by atoms with van der Waals surface area (Å²) in [6, 6.07) is 4.03. The number of amidine groups is 1. The van der Waals surface area contributed by atoms with E-state index in [2.05, 4.69) is 5.16 Å². The Balaban J connectivity index is 2.35. The quantitative estimate of drug-likeness (QED) is 0.312. The van der Waals surface area contributed by atoms with Gasteiger partial charge < -0.3 is 10.9 Å². The maximum Gasteiger partial charge on any atom is 0.139 e. The summed E-state index contributed by atoms with van der Waals surface area (Å²) >= 11 is 1.68. The smallest absolute Gasteiger partial charge is 0.139 e. The number of rotatable bonds is 3. The van der Waals surface area contributed by atoms with Crippen molar-refractivity contribution in [2.45, 2.75) is 12.8 Å².